The van der Waals surface area contributed by atoms with Crippen LogP contribution in [0.2, 0.25) is 0 Å². The third-order valence-corrected chi connectivity index (χ3v) is 5.78. The number of urea groups is 1. The normalized spacial score (nSPS) is 16.2. The highest BCUT2D eigenvalue weighted by atomic mass is 32.2. The van der Waals surface area contributed by atoms with Gasteiger partial charge in [0.1, 0.15) is 0 Å². The number of thioether (sulfide) groups is 1. The molecule has 3 rings (SSSR count). The molecule has 0 fully saturated rings. The second kappa shape index (κ2) is 9.65. The molecule has 0 aromatic heterocycles. The molecule has 2 aromatic rings. The molecule has 152 valence electrons. The molecule has 1 atom stereocenters. The largest absolute Gasteiger partial charge is 0.463 e. The number of benzene rings is 2. The van der Waals surface area contributed by atoms with Crippen molar-refractivity contribution >= 4 is 23.8 Å². The van der Waals surface area contributed by atoms with E-state index in [0.29, 0.717) is 17.0 Å². The van der Waals surface area contributed by atoms with Gasteiger partial charge in [-0.05, 0) is 37.5 Å². The quantitative estimate of drug-likeness (QED) is 0.664. The summed E-state index contributed by atoms with van der Waals surface area (Å²) in [6.45, 7) is 6.04. The molecule has 0 radical (unpaired) electrons. The number of nitrogens with one attached hydrogen (secondary N) is 2. The molecule has 1 aliphatic heterocycles. The van der Waals surface area contributed by atoms with E-state index in [9.17, 15) is 9.59 Å². The van der Waals surface area contributed by atoms with E-state index in [2.05, 4.69) is 22.8 Å². The van der Waals surface area contributed by atoms with E-state index >= 15 is 0 Å². The predicted octanol–water partition coefficient (Wildman–Crippen LogP) is 4.41. The zero-order chi connectivity index (χ0) is 20.8. The van der Waals surface area contributed by atoms with E-state index in [1.807, 2.05) is 50.2 Å². The molecule has 0 bridgehead atoms. The molecule has 1 heterocycles. The van der Waals surface area contributed by atoms with Gasteiger partial charge in [-0.15, -0.1) is 0 Å². The first kappa shape index (κ1) is 21.0. The van der Waals surface area contributed by atoms with Crippen LogP contribution in [0.3, 0.4) is 0 Å². The molecule has 2 N–H and O–H groups in total. The molecule has 0 saturated heterocycles. The molecule has 0 unspecified atom stereocenters. The van der Waals surface area contributed by atoms with E-state index in [0.717, 1.165) is 22.4 Å². The first-order valence-corrected chi connectivity index (χ1v) is 10.8. The van der Waals surface area contributed by atoms with E-state index in [1.165, 1.54) is 5.56 Å². The summed E-state index contributed by atoms with van der Waals surface area (Å²) in [6.07, 6.45) is 0. The second-order valence-corrected chi connectivity index (χ2v) is 7.97. The van der Waals surface area contributed by atoms with E-state index in [4.69, 9.17) is 4.74 Å². The zero-order valence-corrected chi connectivity index (χ0v) is 17.8. The van der Waals surface area contributed by atoms with Gasteiger partial charge < -0.3 is 15.4 Å². The molecule has 0 spiro atoms. The van der Waals surface area contributed by atoms with Crippen LogP contribution in [0.1, 0.15) is 35.2 Å². The number of carbonyl (C=O) groups is 2. The van der Waals surface area contributed by atoms with Gasteiger partial charge in [-0.1, -0.05) is 54.1 Å². The predicted molar refractivity (Wildman–Crippen MR) is 117 cm³/mol. The van der Waals surface area contributed by atoms with Crippen molar-refractivity contribution in [1.29, 1.82) is 0 Å². The number of rotatable bonds is 7. The fourth-order valence-corrected chi connectivity index (χ4v) is 4.29. The number of esters is 1. The van der Waals surface area contributed by atoms with Gasteiger partial charge in [-0.3, -0.25) is 0 Å². The smallest absolute Gasteiger partial charge is 0.338 e. The third kappa shape index (κ3) is 5.21. The number of carbonyl (C=O) groups excluding carboxylic acids is 2. The van der Waals surface area contributed by atoms with Gasteiger partial charge in [0.15, 0.2) is 0 Å². The Morgan fingerprint density at radius 2 is 1.86 bits per heavy atom. The average Bonchev–Trinajstić information content (AvgIpc) is 2.70. The number of hydrogen-bond acceptors (Lipinski definition) is 4. The molecule has 5 nitrogen and oxygen atoms in total. The first-order valence-electron chi connectivity index (χ1n) is 9.66. The maximum absolute atomic E-state index is 12.8. The molecular weight excluding hydrogens is 384 g/mol. The highest BCUT2D eigenvalue weighted by Gasteiger charge is 2.34. The number of amides is 2. The molecule has 29 heavy (non-hydrogen) atoms. The Bertz CT molecular complexity index is 925. The Hall–Kier alpha value is -2.73. The Morgan fingerprint density at radius 1 is 1.10 bits per heavy atom. The minimum Gasteiger partial charge on any atom is -0.463 e. The van der Waals surface area contributed by atoms with E-state index < -0.39 is 12.0 Å². The summed E-state index contributed by atoms with van der Waals surface area (Å²) >= 11 is 1.65. The Balaban J connectivity index is 1.93. The monoisotopic (exact) mass is 410 g/mol. The fraction of sp³-hybridized carbons (Fsp3) is 0.304. The zero-order valence-electron chi connectivity index (χ0n) is 17.0. The van der Waals surface area contributed by atoms with Crippen LogP contribution in [0, 0.1) is 13.8 Å². The van der Waals surface area contributed by atoms with Crippen LogP contribution in [-0.4, -0.2) is 24.4 Å². The standard InChI is InChI=1S/C23H26N2O3S/c1-4-28-22(26)20-19(14-29-13-17-8-6-5-7-9-17)24-23(27)25-21(20)18-12-15(2)10-11-16(18)3/h5-12,21H,4,13-14H2,1-3H3,(H2,24,25,27)/t21-/m1/s1. The maximum atomic E-state index is 12.8. The van der Waals surface area contributed by atoms with Crippen LogP contribution >= 0.6 is 11.8 Å². The fourth-order valence-electron chi connectivity index (χ4n) is 3.33. The lowest BCUT2D eigenvalue weighted by Gasteiger charge is -2.30. The SMILES string of the molecule is CCOC(=O)C1=C(CSCc2ccccc2)NC(=O)N[C@@H]1c1cc(C)ccc1C. The van der Waals surface area contributed by atoms with Crippen LogP contribution in [-0.2, 0) is 15.3 Å². The molecule has 0 saturated carbocycles. The Morgan fingerprint density at radius 3 is 2.59 bits per heavy atom. The van der Waals surface area contributed by atoms with Crippen LogP contribution in [0.15, 0.2) is 59.8 Å². The van der Waals surface area contributed by atoms with Crippen molar-refractivity contribution in [3.05, 3.63) is 82.1 Å². The minimum absolute atomic E-state index is 0.278. The van der Waals surface area contributed by atoms with Crippen LogP contribution < -0.4 is 10.6 Å². The van der Waals surface area contributed by atoms with E-state index in [-0.39, 0.29) is 12.6 Å². The summed E-state index contributed by atoms with van der Waals surface area (Å²) in [5, 5.41) is 5.74. The average molecular weight is 411 g/mol. The van der Waals surface area contributed by atoms with Gasteiger partial charge >= 0.3 is 12.0 Å². The summed E-state index contributed by atoms with van der Waals surface area (Å²) in [4.78, 5) is 25.2. The summed E-state index contributed by atoms with van der Waals surface area (Å²) in [5.41, 5.74) is 5.28. The van der Waals surface area contributed by atoms with Crippen LogP contribution in [0.4, 0.5) is 4.79 Å². The maximum Gasteiger partial charge on any atom is 0.338 e. The number of hydrogen-bond donors (Lipinski definition) is 2. The van der Waals surface area contributed by atoms with Crippen molar-refractivity contribution in [3.63, 3.8) is 0 Å². The van der Waals surface area contributed by atoms with Crippen LogP contribution in [0.5, 0.6) is 0 Å². The van der Waals surface area contributed by atoms with Crippen molar-refractivity contribution < 1.29 is 14.3 Å². The van der Waals surface area contributed by atoms with Gasteiger partial charge in [0, 0.05) is 17.2 Å². The van der Waals surface area contributed by atoms with Crippen molar-refractivity contribution in [2.45, 2.75) is 32.6 Å². The molecule has 2 amide bonds. The number of aryl methyl sites for hydroxylation is 2. The van der Waals surface area contributed by atoms with Crippen molar-refractivity contribution in [2.24, 2.45) is 0 Å². The van der Waals surface area contributed by atoms with Gasteiger partial charge in [-0.25, -0.2) is 9.59 Å². The summed E-state index contributed by atoms with van der Waals surface area (Å²) in [5.74, 6) is 0.900. The Kier molecular flexibility index (Phi) is 6.99. The first-order chi connectivity index (χ1) is 14.0. The van der Waals surface area contributed by atoms with E-state index in [1.54, 1.807) is 18.7 Å². The third-order valence-electron chi connectivity index (χ3n) is 4.75. The highest BCUT2D eigenvalue weighted by molar-refractivity contribution is 7.98. The highest BCUT2D eigenvalue weighted by Crippen LogP contribution is 2.32. The van der Waals surface area contributed by atoms with Crippen molar-refractivity contribution in [1.82, 2.24) is 10.6 Å². The van der Waals surface area contributed by atoms with Gasteiger partial charge in [0.25, 0.3) is 0 Å². The molecule has 2 aromatic carbocycles. The van der Waals surface area contributed by atoms with Crippen LogP contribution in [0.25, 0.3) is 0 Å². The molecule has 0 aliphatic carbocycles. The molecular formula is C23H26N2O3S. The van der Waals surface area contributed by atoms with Gasteiger partial charge in [-0.2, -0.15) is 11.8 Å². The number of ether oxygens (including phenoxy) is 1. The molecule has 6 heteroatoms. The van der Waals surface area contributed by atoms with Gasteiger partial charge in [0.05, 0.1) is 18.2 Å². The van der Waals surface area contributed by atoms with Gasteiger partial charge in [0.2, 0.25) is 0 Å². The lowest BCUT2D eigenvalue weighted by molar-refractivity contribution is -0.139. The van der Waals surface area contributed by atoms with Crippen molar-refractivity contribution in [3.8, 4) is 0 Å². The minimum atomic E-state index is -0.532. The summed E-state index contributed by atoms with van der Waals surface area (Å²) in [6, 6.07) is 15.3. The summed E-state index contributed by atoms with van der Waals surface area (Å²) < 4.78 is 5.34. The lowest BCUT2D eigenvalue weighted by Crippen LogP contribution is -2.46. The second-order valence-electron chi connectivity index (χ2n) is 6.98. The Labute approximate surface area is 175 Å². The topological polar surface area (TPSA) is 67.4 Å². The lowest BCUT2D eigenvalue weighted by atomic mass is 9.91. The molecule has 1 aliphatic rings. The van der Waals surface area contributed by atoms with Crippen molar-refractivity contribution in [2.75, 3.05) is 12.4 Å². The summed E-state index contributed by atoms with van der Waals surface area (Å²) in [7, 11) is 0.